The van der Waals surface area contributed by atoms with Gasteiger partial charge in [-0.15, -0.1) is 5.10 Å². The van der Waals surface area contributed by atoms with Gasteiger partial charge >= 0.3 is 0 Å². The summed E-state index contributed by atoms with van der Waals surface area (Å²) in [6.07, 6.45) is 8.23. The Morgan fingerprint density at radius 1 is 0.903 bits per heavy atom. The number of nitrogens with zero attached hydrogens (tertiary/aromatic N) is 4. The van der Waals surface area contributed by atoms with E-state index in [1.165, 1.54) is 43.2 Å². The average Bonchev–Trinajstić information content (AvgIpc) is 3.33. The Hall–Kier alpha value is -3.54. The van der Waals surface area contributed by atoms with Crippen molar-refractivity contribution in [3.63, 3.8) is 0 Å². The third-order valence-electron chi connectivity index (χ3n) is 5.98. The standard InChI is InChI=1S/C25H26N6/c1-3-9-18(10-4-1)21-13-7-8-14-22(21)24-17-27-31-25(28-24)26-16-20-15-23(30-29-20)19-11-5-2-6-12-19/h2,5-8,11-15,17-18H,1,3-4,9-10,16H2,(H,29,30)(H,26,28,31). The summed E-state index contributed by atoms with van der Waals surface area (Å²) in [7, 11) is 0. The Labute approximate surface area is 182 Å². The smallest absolute Gasteiger partial charge is 0.243 e. The monoisotopic (exact) mass is 410 g/mol. The van der Waals surface area contributed by atoms with E-state index in [0.717, 1.165) is 22.6 Å². The highest BCUT2D eigenvalue weighted by Crippen LogP contribution is 2.37. The molecule has 6 nitrogen and oxygen atoms in total. The van der Waals surface area contributed by atoms with Crippen LogP contribution in [0.5, 0.6) is 0 Å². The fourth-order valence-electron chi connectivity index (χ4n) is 4.39. The SMILES string of the molecule is c1ccc(-c2cc(CNc3nncc(-c4ccccc4C4CCCCC4)n3)[nH]n2)cc1. The zero-order chi connectivity index (χ0) is 20.9. The highest BCUT2D eigenvalue weighted by molar-refractivity contribution is 5.64. The van der Waals surface area contributed by atoms with Gasteiger partial charge in [0.05, 0.1) is 29.8 Å². The molecular formula is C25H26N6. The predicted molar refractivity (Wildman–Crippen MR) is 122 cm³/mol. The summed E-state index contributed by atoms with van der Waals surface area (Å²) in [4.78, 5) is 4.76. The molecule has 0 saturated heterocycles. The molecule has 0 atom stereocenters. The lowest BCUT2D eigenvalue weighted by Crippen LogP contribution is -2.08. The lowest BCUT2D eigenvalue weighted by atomic mass is 9.81. The van der Waals surface area contributed by atoms with Crippen LogP contribution in [0.2, 0.25) is 0 Å². The van der Waals surface area contributed by atoms with Crippen molar-refractivity contribution < 1.29 is 0 Å². The van der Waals surface area contributed by atoms with E-state index in [0.29, 0.717) is 18.4 Å². The van der Waals surface area contributed by atoms with Gasteiger partial charge < -0.3 is 5.32 Å². The van der Waals surface area contributed by atoms with Crippen LogP contribution in [-0.4, -0.2) is 25.4 Å². The zero-order valence-electron chi connectivity index (χ0n) is 17.5. The maximum atomic E-state index is 4.76. The van der Waals surface area contributed by atoms with E-state index in [4.69, 9.17) is 4.98 Å². The normalized spacial score (nSPS) is 14.5. The molecule has 0 amide bonds. The minimum Gasteiger partial charge on any atom is -0.347 e. The van der Waals surface area contributed by atoms with Crippen molar-refractivity contribution in [1.82, 2.24) is 25.4 Å². The molecule has 0 bridgehead atoms. The molecule has 2 N–H and O–H groups in total. The number of benzene rings is 2. The number of anilines is 1. The first-order valence-corrected chi connectivity index (χ1v) is 11.0. The number of rotatable bonds is 6. The van der Waals surface area contributed by atoms with Gasteiger partial charge in [0.15, 0.2) is 0 Å². The molecule has 0 unspecified atom stereocenters. The van der Waals surface area contributed by atoms with Crippen LogP contribution in [0, 0.1) is 0 Å². The molecule has 2 heterocycles. The van der Waals surface area contributed by atoms with Crippen molar-refractivity contribution in [3.05, 3.63) is 78.1 Å². The number of hydrogen-bond donors (Lipinski definition) is 2. The molecule has 0 aliphatic heterocycles. The lowest BCUT2D eigenvalue weighted by molar-refractivity contribution is 0.444. The molecule has 1 aliphatic carbocycles. The fourth-order valence-corrected chi connectivity index (χ4v) is 4.39. The Morgan fingerprint density at radius 2 is 1.71 bits per heavy atom. The van der Waals surface area contributed by atoms with Crippen molar-refractivity contribution >= 4 is 5.95 Å². The van der Waals surface area contributed by atoms with E-state index < -0.39 is 0 Å². The lowest BCUT2D eigenvalue weighted by Gasteiger charge is -2.24. The number of hydrogen-bond acceptors (Lipinski definition) is 5. The number of aromatic nitrogens is 5. The second-order valence-electron chi connectivity index (χ2n) is 8.09. The molecular weight excluding hydrogens is 384 g/mol. The zero-order valence-corrected chi connectivity index (χ0v) is 17.5. The molecule has 5 rings (SSSR count). The van der Waals surface area contributed by atoms with Crippen molar-refractivity contribution in [2.24, 2.45) is 0 Å². The van der Waals surface area contributed by atoms with Crippen LogP contribution in [-0.2, 0) is 6.54 Å². The van der Waals surface area contributed by atoms with E-state index in [9.17, 15) is 0 Å². The Balaban J connectivity index is 1.32. The molecule has 156 valence electrons. The van der Waals surface area contributed by atoms with Gasteiger partial charge in [-0.2, -0.15) is 10.2 Å². The van der Waals surface area contributed by atoms with Crippen LogP contribution in [0.15, 0.2) is 66.9 Å². The summed E-state index contributed by atoms with van der Waals surface area (Å²) in [5.74, 6) is 1.13. The molecule has 1 fully saturated rings. The van der Waals surface area contributed by atoms with Gasteiger partial charge in [-0.3, -0.25) is 5.10 Å². The van der Waals surface area contributed by atoms with Crippen LogP contribution < -0.4 is 5.32 Å². The Morgan fingerprint density at radius 3 is 2.58 bits per heavy atom. The van der Waals surface area contributed by atoms with Crippen LogP contribution in [0.3, 0.4) is 0 Å². The van der Waals surface area contributed by atoms with Crippen LogP contribution in [0.4, 0.5) is 5.95 Å². The average molecular weight is 411 g/mol. The molecule has 1 saturated carbocycles. The number of nitrogens with one attached hydrogen (secondary N) is 2. The molecule has 0 spiro atoms. The van der Waals surface area contributed by atoms with E-state index >= 15 is 0 Å². The van der Waals surface area contributed by atoms with Gasteiger partial charge in [0.2, 0.25) is 5.95 Å². The van der Waals surface area contributed by atoms with Crippen molar-refractivity contribution in [3.8, 4) is 22.5 Å². The summed E-state index contributed by atoms with van der Waals surface area (Å²) in [6, 6.07) is 20.8. The largest absolute Gasteiger partial charge is 0.347 e. The van der Waals surface area contributed by atoms with E-state index in [2.05, 4.69) is 50.0 Å². The highest BCUT2D eigenvalue weighted by Gasteiger charge is 2.19. The second-order valence-corrected chi connectivity index (χ2v) is 8.09. The van der Waals surface area contributed by atoms with E-state index in [-0.39, 0.29) is 0 Å². The fraction of sp³-hybridized carbons (Fsp3) is 0.280. The summed E-state index contributed by atoms with van der Waals surface area (Å²) in [6.45, 7) is 0.551. The maximum Gasteiger partial charge on any atom is 0.243 e. The molecule has 2 aromatic heterocycles. The van der Waals surface area contributed by atoms with Gasteiger partial charge in [-0.1, -0.05) is 73.9 Å². The van der Waals surface area contributed by atoms with Crippen LogP contribution in [0.1, 0.15) is 49.3 Å². The van der Waals surface area contributed by atoms with Gasteiger partial charge in [0.1, 0.15) is 0 Å². The summed E-state index contributed by atoms with van der Waals surface area (Å²) in [5.41, 5.74) is 6.40. The summed E-state index contributed by atoms with van der Waals surface area (Å²) >= 11 is 0. The van der Waals surface area contributed by atoms with Crippen molar-refractivity contribution in [1.29, 1.82) is 0 Å². The third-order valence-corrected chi connectivity index (χ3v) is 5.98. The Kier molecular flexibility index (Phi) is 5.69. The highest BCUT2D eigenvalue weighted by atomic mass is 15.2. The topological polar surface area (TPSA) is 79.4 Å². The quantitative estimate of drug-likeness (QED) is 0.433. The third kappa shape index (κ3) is 4.48. The number of H-pyrrole nitrogens is 1. The van der Waals surface area contributed by atoms with Crippen LogP contribution in [0.25, 0.3) is 22.5 Å². The second kappa shape index (κ2) is 9.08. The molecule has 0 radical (unpaired) electrons. The first kappa shape index (κ1) is 19.4. The first-order valence-electron chi connectivity index (χ1n) is 11.0. The van der Waals surface area contributed by atoms with Gasteiger partial charge in [0.25, 0.3) is 0 Å². The van der Waals surface area contributed by atoms with Crippen molar-refractivity contribution in [2.75, 3.05) is 5.32 Å². The maximum absolute atomic E-state index is 4.76. The summed E-state index contributed by atoms with van der Waals surface area (Å²) in [5, 5.41) is 19.2. The molecule has 31 heavy (non-hydrogen) atoms. The van der Waals surface area contributed by atoms with Gasteiger partial charge in [0, 0.05) is 11.1 Å². The van der Waals surface area contributed by atoms with E-state index in [1.807, 2.05) is 36.4 Å². The predicted octanol–water partition coefficient (Wildman–Crippen LogP) is 5.59. The van der Waals surface area contributed by atoms with Gasteiger partial charge in [-0.25, -0.2) is 4.98 Å². The van der Waals surface area contributed by atoms with E-state index in [1.54, 1.807) is 6.20 Å². The van der Waals surface area contributed by atoms with Crippen LogP contribution >= 0.6 is 0 Å². The van der Waals surface area contributed by atoms with Crippen molar-refractivity contribution in [2.45, 2.75) is 44.6 Å². The Bertz CT molecular complexity index is 1130. The van der Waals surface area contributed by atoms with Gasteiger partial charge in [-0.05, 0) is 30.4 Å². The molecule has 4 aromatic rings. The minimum absolute atomic E-state index is 0.520. The molecule has 6 heteroatoms. The minimum atomic E-state index is 0.520. The summed E-state index contributed by atoms with van der Waals surface area (Å²) < 4.78 is 0. The first-order chi connectivity index (χ1) is 15.4. The molecule has 1 aliphatic rings. The molecule has 2 aromatic carbocycles. The number of aromatic amines is 1.